The summed E-state index contributed by atoms with van der Waals surface area (Å²) in [5, 5.41) is 0. The minimum Gasteiger partial charge on any atom is -0.496 e. The standard InChI is InChI=1S/C17H16F4O.C15H13F6NO2.C2H2/c1-10(2)13-8-14(16(22-3)9-15(13)18)11-4-6-12(7-5-11)17(19,20)21;16-14(17,18)9-5-8(6-10(7-9)15(19,20)21)12-11-3-1-2-4-22(11)13(23)24-12;1-2/h4-10H,1-3H3;5-7,11-12H,1-4H2;1-2H/t;11?,12-;/m.1./s1. The highest BCUT2D eigenvalue weighted by Crippen LogP contribution is 2.43. The first kappa shape index (κ1) is 38.0. The van der Waals surface area contributed by atoms with Gasteiger partial charge in [-0.15, -0.1) is 12.8 Å². The lowest BCUT2D eigenvalue weighted by Gasteiger charge is -2.29. The highest BCUT2D eigenvalue weighted by Gasteiger charge is 2.45. The van der Waals surface area contributed by atoms with Crippen molar-refractivity contribution in [1.29, 1.82) is 0 Å². The third-order valence-corrected chi connectivity index (χ3v) is 7.76. The lowest BCUT2D eigenvalue weighted by Crippen LogP contribution is -2.38. The van der Waals surface area contributed by atoms with Gasteiger partial charge in [0.1, 0.15) is 17.7 Å². The molecule has 0 aliphatic carbocycles. The minimum absolute atomic E-state index is 0.0425. The molecule has 0 bridgehead atoms. The molecule has 48 heavy (non-hydrogen) atoms. The molecule has 0 spiro atoms. The number of carbonyl (C=O) groups excluding carboxylic acids is 1. The van der Waals surface area contributed by atoms with E-state index >= 15 is 0 Å². The second kappa shape index (κ2) is 14.8. The average molecular weight is 692 g/mol. The second-order valence-corrected chi connectivity index (χ2v) is 11.2. The predicted octanol–water partition coefficient (Wildman–Crippen LogP) is 10.7. The molecule has 0 saturated carbocycles. The van der Waals surface area contributed by atoms with E-state index in [0.717, 1.165) is 25.0 Å². The maximum atomic E-state index is 14.0. The number of hydrogen-bond acceptors (Lipinski definition) is 3. The van der Waals surface area contributed by atoms with Gasteiger partial charge in [-0.1, -0.05) is 26.0 Å². The molecule has 2 atom stereocenters. The molecular formula is C34H31F10NO3. The molecule has 2 saturated heterocycles. The molecule has 5 rings (SSSR count). The quantitative estimate of drug-likeness (QED) is 0.202. The molecule has 14 heteroatoms. The summed E-state index contributed by atoms with van der Waals surface area (Å²) in [5.41, 5.74) is -2.19. The van der Waals surface area contributed by atoms with Crippen LogP contribution in [0, 0.1) is 18.7 Å². The van der Waals surface area contributed by atoms with Crippen molar-refractivity contribution in [3.63, 3.8) is 0 Å². The van der Waals surface area contributed by atoms with Gasteiger partial charge in [-0.3, -0.25) is 0 Å². The van der Waals surface area contributed by atoms with Gasteiger partial charge < -0.3 is 14.4 Å². The molecule has 260 valence electrons. The second-order valence-electron chi connectivity index (χ2n) is 11.2. The van der Waals surface area contributed by atoms with Gasteiger partial charge in [-0.2, -0.15) is 39.5 Å². The van der Waals surface area contributed by atoms with E-state index in [1.165, 1.54) is 30.2 Å². The van der Waals surface area contributed by atoms with E-state index in [0.29, 0.717) is 47.5 Å². The number of methoxy groups -OCH3 is 1. The van der Waals surface area contributed by atoms with E-state index in [1.807, 2.05) is 13.8 Å². The molecule has 1 amide bonds. The highest BCUT2D eigenvalue weighted by molar-refractivity contribution is 5.72. The number of rotatable bonds is 4. The number of alkyl halides is 9. The number of terminal acetylenes is 1. The van der Waals surface area contributed by atoms with Crippen molar-refractivity contribution in [1.82, 2.24) is 4.90 Å². The lowest BCUT2D eigenvalue weighted by molar-refractivity contribution is -0.143. The molecule has 2 aliphatic heterocycles. The summed E-state index contributed by atoms with van der Waals surface area (Å²) < 4.78 is 140. The van der Waals surface area contributed by atoms with Crippen molar-refractivity contribution in [2.45, 2.75) is 69.7 Å². The van der Waals surface area contributed by atoms with Gasteiger partial charge in [0.15, 0.2) is 0 Å². The monoisotopic (exact) mass is 691 g/mol. The topological polar surface area (TPSA) is 38.8 Å². The predicted molar refractivity (Wildman–Crippen MR) is 157 cm³/mol. The number of fused-ring (bicyclic) bond motifs is 1. The third-order valence-electron chi connectivity index (χ3n) is 7.76. The van der Waals surface area contributed by atoms with Crippen molar-refractivity contribution in [2.24, 2.45) is 0 Å². The van der Waals surface area contributed by atoms with Crippen LogP contribution in [-0.4, -0.2) is 30.7 Å². The van der Waals surface area contributed by atoms with Crippen LogP contribution in [0.5, 0.6) is 5.75 Å². The fraction of sp³-hybridized carbons (Fsp3) is 0.382. The van der Waals surface area contributed by atoms with Gasteiger partial charge in [0.05, 0.1) is 29.8 Å². The van der Waals surface area contributed by atoms with E-state index in [9.17, 15) is 48.7 Å². The fourth-order valence-electron chi connectivity index (χ4n) is 5.43. The van der Waals surface area contributed by atoms with Gasteiger partial charge in [-0.25, -0.2) is 9.18 Å². The number of carbonyl (C=O) groups is 1. The molecule has 4 nitrogen and oxygen atoms in total. The van der Waals surface area contributed by atoms with E-state index in [-0.39, 0.29) is 23.4 Å². The summed E-state index contributed by atoms with van der Waals surface area (Å²) in [4.78, 5) is 13.2. The fourth-order valence-corrected chi connectivity index (χ4v) is 5.43. The van der Waals surface area contributed by atoms with Gasteiger partial charge >= 0.3 is 24.6 Å². The van der Waals surface area contributed by atoms with E-state index in [4.69, 9.17) is 9.47 Å². The molecule has 1 unspecified atom stereocenters. The van der Waals surface area contributed by atoms with Crippen molar-refractivity contribution in [2.75, 3.05) is 13.7 Å². The number of nitrogens with zero attached hydrogens (tertiary/aromatic N) is 1. The maximum Gasteiger partial charge on any atom is 0.416 e. The number of amides is 1. The molecular weight excluding hydrogens is 660 g/mol. The molecule has 2 aliphatic rings. The maximum absolute atomic E-state index is 14.0. The first-order valence-corrected chi connectivity index (χ1v) is 14.5. The summed E-state index contributed by atoms with van der Waals surface area (Å²) in [6.45, 7) is 4.09. The van der Waals surface area contributed by atoms with Crippen LogP contribution in [0.2, 0.25) is 0 Å². The Kier molecular flexibility index (Phi) is 11.7. The van der Waals surface area contributed by atoms with Crippen molar-refractivity contribution in [3.05, 3.63) is 88.2 Å². The van der Waals surface area contributed by atoms with Crippen LogP contribution in [0.4, 0.5) is 48.7 Å². The Bertz CT molecular complexity index is 1560. The molecule has 0 N–H and O–H groups in total. The third kappa shape index (κ3) is 8.73. The Morgan fingerprint density at radius 2 is 1.35 bits per heavy atom. The largest absolute Gasteiger partial charge is 0.496 e. The molecule has 0 aromatic heterocycles. The Morgan fingerprint density at radius 3 is 1.83 bits per heavy atom. The summed E-state index contributed by atoms with van der Waals surface area (Å²) >= 11 is 0. The first-order chi connectivity index (χ1) is 22.3. The van der Waals surface area contributed by atoms with Crippen molar-refractivity contribution in [3.8, 4) is 29.7 Å². The first-order valence-electron chi connectivity index (χ1n) is 14.5. The van der Waals surface area contributed by atoms with Crippen LogP contribution in [0.25, 0.3) is 11.1 Å². The summed E-state index contributed by atoms with van der Waals surface area (Å²) in [5.74, 6) is -0.136. The SMILES string of the molecule is C#C.COc1cc(F)c(C(C)C)cc1-c1ccc(C(F)(F)F)cc1.O=C1O[C@H](c2cc(C(F)(F)F)cc(C(F)(F)F)c2)C2CCCCN12. The Labute approximate surface area is 270 Å². The smallest absolute Gasteiger partial charge is 0.416 e. The van der Waals surface area contributed by atoms with Gasteiger partial charge in [0, 0.05) is 18.2 Å². The van der Waals surface area contributed by atoms with E-state index in [2.05, 4.69) is 12.8 Å². The van der Waals surface area contributed by atoms with Crippen molar-refractivity contribution >= 4 is 6.09 Å². The Morgan fingerprint density at radius 1 is 0.812 bits per heavy atom. The molecule has 0 radical (unpaired) electrons. The number of piperidine rings is 1. The van der Waals surface area contributed by atoms with Gasteiger partial charge in [0.2, 0.25) is 0 Å². The number of halogens is 10. The highest BCUT2D eigenvalue weighted by atomic mass is 19.4. The van der Waals surface area contributed by atoms with Gasteiger partial charge in [-0.05, 0) is 78.3 Å². The number of hydrogen-bond donors (Lipinski definition) is 0. The number of ether oxygens (including phenoxy) is 2. The zero-order chi connectivity index (χ0) is 36.2. The summed E-state index contributed by atoms with van der Waals surface area (Å²) in [6, 6.07) is 8.43. The van der Waals surface area contributed by atoms with Gasteiger partial charge in [0.25, 0.3) is 0 Å². The lowest BCUT2D eigenvalue weighted by atomic mass is 9.92. The van der Waals surface area contributed by atoms with Crippen LogP contribution < -0.4 is 4.74 Å². The number of benzene rings is 3. The van der Waals surface area contributed by atoms with E-state index in [1.54, 1.807) is 6.07 Å². The summed E-state index contributed by atoms with van der Waals surface area (Å²) in [7, 11) is 1.40. The minimum atomic E-state index is -4.93. The van der Waals surface area contributed by atoms with Crippen LogP contribution in [0.3, 0.4) is 0 Å². The Balaban J connectivity index is 0.000000249. The number of cyclic esters (lactones) is 1. The molecule has 3 aromatic carbocycles. The van der Waals surface area contributed by atoms with Crippen LogP contribution in [0.15, 0.2) is 54.6 Å². The molecule has 3 aromatic rings. The zero-order valence-corrected chi connectivity index (χ0v) is 25.9. The average Bonchev–Trinajstić information content (AvgIpc) is 3.37. The molecule has 2 fully saturated rings. The molecule has 2 heterocycles. The van der Waals surface area contributed by atoms with Crippen LogP contribution in [-0.2, 0) is 23.3 Å². The van der Waals surface area contributed by atoms with Crippen molar-refractivity contribution < 1.29 is 58.2 Å². The normalized spacial score (nSPS) is 17.8. The zero-order valence-electron chi connectivity index (χ0n) is 25.9. The van der Waals surface area contributed by atoms with Crippen LogP contribution >= 0.6 is 0 Å². The summed E-state index contributed by atoms with van der Waals surface area (Å²) in [6.07, 6.45) is -6.11. The van der Waals surface area contributed by atoms with Crippen LogP contribution in [0.1, 0.15) is 72.9 Å². The Hall–Kier alpha value is -4.41. The van der Waals surface area contributed by atoms with E-state index < -0.39 is 53.5 Å².